The van der Waals surface area contributed by atoms with Crippen molar-refractivity contribution >= 4 is 17.8 Å². The number of esters is 1. The maximum absolute atomic E-state index is 12.8. The van der Waals surface area contributed by atoms with Gasteiger partial charge in [-0.05, 0) is 96.4 Å². The van der Waals surface area contributed by atoms with Crippen molar-refractivity contribution in [3.05, 3.63) is 36.5 Å². The zero-order valence-electron chi connectivity index (χ0n) is 36.7. The number of carbonyl (C=O) groups is 3. The summed E-state index contributed by atoms with van der Waals surface area (Å²) in [7, 11) is 0. The molecule has 2 atom stereocenters. The molecule has 0 aromatic heterocycles. The van der Waals surface area contributed by atoms with E-state index in [4.69, 9.17) is 10.5 Å². The molecule has 0 saturated carbocycles. The quantitative estimate of drug-likeness (QED) is 0.0322. The van der Waals surface area contributed by atoms with Crippen LogP contribution in [-0.2, 0) is 19.1 Å². The molecule has 56 heavy (non-hydrogen) atoms. The first-order chi connectivity index (χ1) is 27.4. The van der Waals surface area contributed by atoms with E-state index in [9.17, 15) is 19.5 Å². The zero-order chi connectivity index (χ0) is 41.0. The van der Waals surface area contributed by atoms with Crippen LogP contribution < -0.4 is 11.1 Å². The van der Waals surface area contributed by atoms with Gasteiger partial charge in [-0.15, -0.1) is 0 Å². The summed E-state index contributed by atoms with van der Waals surface area (Å²) in [5.41, 5.74) is 5.49. The largest absolute Gasteiger partial charge is 0.480 e. The molecule has 0 rings (SSSR count). The van der Waals surface area contributed by atoms with Gasteiger partial charge in [0.05, 0.1) is 0 Å². The minimum Gasteiger partial charge on any atom is -0.480 e. The van der Waals surface area contributed by atoms with Crippen LogP contribution in [0.2, 0.25) is 0 Å². The van der Waals surface area contributed by atoms with E-state index in [1.54, 1.807) is 0 Å². The highest BCUT2D eigenvalue weighted by Gasteiger charge is 2.19. The van der Waals surface area contributed by atoms with Crippen LogP contribution in [0.3, 0.4) is 0 Å². The van der Waals surface area contributed by atoms with Crippen molar-refractivity contribution in [2.75, 3.05) is 6.54 Å². The van der Waals surface area contributed by atoms with E-state index < -0.39 is 12.0 Å². The molecule has 0 aromatic rings. The predicted molar refractivity (Wildman–Crippen MR) is 239 cm³/mol. The Kier molecular flexibility index (Phi) is 41.8. The molecular formula is C49H90N2O5. The van der Waals surface area contributed by atoms with Crippen molar-refractivity contribution in [2.24, 2.45) is 5.73 Å². The molecule has 0 radical (unpaired) electrons. The van der Waals surface area contributed by atoms with Crippen LogP contribution >= 0.6 is 0 Å². The Morgan fingerprint density at radius 1 is 0.518 bits per heavy atom. The molecular weight excluding hydrogens is 697 g/mol. The Morgan fingerprint density at radius 2 is 0.929 bits per heavy atom. The van der Waals surface area contributed by atoms with E-state index >= 15 is 0 Å². The molecule has 0 aromatic carbocycles. The van der Waals surface area contributed by atoms with E-state index in [-0.39, 0.29) is 18.0 Å². The van der Waals surface area contributed by atoms with E-state index in [1.165, 1.54) is 116 Å². The number of amides is 1. The maximum Gasteiger partial charge on any atom is 0.326 e. The van der Waals surface area contributed by atoms with E-state index in [0.717, 1.165) is 83.5 Å². The van der Waals surface area contributed by atoms with Crippen LogP contribution in [0.1, 0.15) is 239 Å². The molecule has 0 heterocycles. The van der Waals surface area contributed by atoms with Gasteiger partial charge in [-0.3, -0.25) is 9.59 Å². The number of carboxylic acid groups (broad SMARTS) is 1. The maximum atomic E-state index is 12.8. The minimum atomic E-state index is -1.00. The van der Waals surface area contributed by atoms with E-state index in [0.29, 0.717) is 32.2 Å². The molecule has 0 aliphatic heterocycles. The Morgan fingerprint density at radius 3 is 1.43 bits per heavy atom. The van der Waals surface area contributed by atoms with Crippen LogP contribution in [0.4, 0.5) is 0 Å². The number of carbonyl (C=O) groups excluding carboxylic acids is 2. The highest BCUT2D eigenvalue weighted by atomic mass is 16.5. The van der Waals surface area contributed by atoms with Gasteiger partial charge in [-0.2, -0.15) is 0 Å². The standard InChI is InChI=1S/C49H90N2O5/c1-3-5-7-9-11-13-15-16-17-18-19-20-21-22-24-26-28-33-37-43-48(53)56-45(39-34-30-27-25-23-14-12-10-8-6-4-2)40-35-31-29-32-36-42-47(52)51-46(49(54)55)41-38-44-50/h11,13,16-17,19-20,45-46H,3-10,12,14-15,18,21-44,50H2,1-2H3,(H,51,52)(H,54,55)/b13-11-,17-16-,20-19-. The van der Waals surface area contributed by atoms with Gasteiger partial charge in [0.2, 0.25) is 5.91 Å². The third-order valence-electron chi connectivity index (χ3n) is 10.7. The Hall–Kier alpha value is -2.41. The van der Waals surface area contributed by atoms with Gasteiger partial charge < -0.3 is 20.9 Å². The normalized spacial score (nSPS) is 12.9. The molecule has 0 spiro atoms. The van der Waals surface area contributed by atoms with Crippen molar-refractivity contribution in [2.45, 2.75) is 251 Å². The molecule has 7 nitrogen and oxygen atoms in total. The topological polar surface area (TPSA) is 119 Å². The fraction of sp³-hybridized carbons (Fsp3) is 0.816. The molecule has 326 valence electrons. The lowest BCUT2D eigenvalue weighted by atomic mass is 10.0. The van der Waals surface area contributed by atoms with Crippen LogP contribution in [0.5, 0.6) is 0 Å². The SMILES string of the molecule is CCCCC/C=C\C/C=C\C/C=C\CCCCCCCCC(=O)OC(CCCCCCCCCCCCC)CCCCCCCC(=O)NC(CCCN)C(=O)O. The lowest BCUT2D eigenvalue weighted by Crippen LogP contribution is -2.40. The highest BCUT2D eigenvalue weighted by molar-refractivity contribution is 5.83. The lowest BCUT2D eigenvalue weighted by molar-refractivity contribution is -0.150. The van der Waals surface area contributed by atoms with Crippen molar-refractivity contribution in [3.8, 4) is 0 Å². The molecule has 0 aliphatic carbocycles. The molecule has 0 fully saturated rings. The first-order valence-corrected chi connectivity index (χ1v) is 23.8. The third-order valence-corrected chi connectivity index (χ3v) is 10.7. The zero-order valence-corrected chi connectivity index (χ0v) is 36.7. The summed E-state index contributed by atoms with van der Waals surface area (Å²) in [6.07, 6.45) is 51.9. The molecule has 0 aliphatic rings. The number of hydrogen-bond acceptors (Lipinski definition) is 5. The lowest BCUT2D eigenvalue weighted by Gasteiger charge is -2.18. The first kappa shape index (κ1) is 53.6. The number of nitrogens with two attached hydrogens (primary N) is 1. The molecule has 2 unspecified atom stereocenters. The summed E-state index contributed by atoms with van der Waals surface area (Å²) in [5, 5.41) is 12.0. The summed E-state index contributed by atoms with van der Waals surface area (Å²) in [5.74, 6) is -1.24. The van der Waals surface area contributed by atoms with Gasteiger partial charge >= 0.3 is 11.9 Å². The first-order valence-electron chi connectivity index (χ1n) is 23.8. The molecule has 0 bridgehead atoms. The average Bonchev–Trinajstić information content (AvgIpc) is 3.18. The Bertz CT molecular complexity index is 978. The fourth-order valence-electron chi connectivity index (χ4n) is 7.11. The fourth-order valence-corrected chi connectivity index (χ4v) is 7.11. The number of hydrogen-bond donors (Lipinski definition) is 3. The molecule has 4 N–H and O–H groups in total. The van der Waals surface area contributed by atoms with Crippen molar-refractivity contribution < 1.29 is 24.2 Å². The predicted octanol–water partition coefficient (Wildman–Crippen LogP) is 13.8. The van der Waals surface area contributed by atoms with E-state index in [2.05, 4.69) is 55.6 Å². The second-order valence-electron chi connectivity index (χ2n) is 16.2. The van der Waals surface area contributed by atoms with Gasteiger partial charge in [0.1, 0.15) is 12.1 Å². The molecule has 7 heteroatoms. The molecule has 1 amide bonds. The van der Waals surface area contributed by atoms with Gasteiger partial charge in [-0.1, -0.05) is 172 Å². The summed E-state index contributed by atoms with van der Waals surface area (Å²) in [6.45, 7) is 4.93. The molecule has 0 saturated heterocycles. The average molecular weight is 787 g/mol. The second-order valence-corrected chi connectivity index (χ2v) is 16.2. The summed E-state index contributed by atoms with van der Waals surface area (Å²) >= 11 is 0. The van der Waals surface area contributed by atoms with Crippen LogP contribution in [0, 0.1) is 0 Å². The summed E-state index contributed by atoms with van der Waals surface area (Å²) < 4.78 is 6.06. The van der Waals surface area contributed by atoms with Gasteiger partial charge in [0.15, 0.2) is 0 Å². The Labute approximate surface area is 345 Å². The van der Waals surface area contributed by atoms with Gasteiger partial charge in [-0.25, -0.2) is 4.79 Å². The number of unbranched alkanes of at least 4 members (excludes halogenated alkanes) is 23. The van der Waals surface area contributed by atoms with Crippen LogP contribution in [-0.4, -0.2) is 41.6 Å². The van der Waals surface area contributed by atoms with Crippen LogP contribution in [0.15, 0.2) is 36.5 Å². The number of nitrogens with one attached hydrogen (secondary N) is 1. The van der Waals surface area contributed by atoms with Crippen molar-refractivity contribution in [1.82, 2.24) is 5.32 Å². The Balaban J connectivity index is 4.27. The van der Waals surface area contributed by atoms with Crippen molar-refractivity contribution in [1.29, 1.82) is 0 Å². The number of rotatable bonds is 43. The summed E-state index contributed by atoms with van der Waals surface area (Å²) in [6, 6.07) is -0.857. The second kappa shape index (κ2) is 43.7. The monoisotopic (exact) mass is 787 g/mol. The number of allylic oxidation sites excluding steroid dienone is 6. The number of ether oxygens (including phenoxy) is 1. The minimum absolute atomic E-state index is 0.00835. The van der Waals surface area contributed by atoms with Gasteiger partial charge in [0, 0.05) is 12.8 Å². The van der Waals surface area contributed by atoms with Gasteiger partial charge in [0.25, 0.3) is 0 Å². The van der Waals surface area contributed by atoms with Crippen molar-refractivity contribution in [3.63, 3.8) is 0 Å². The third kappa shape index (κ3) is 39.8. The van der Waals surface area contributed by atoms with E-state index in [1.807, 2.05) is 0 Å². The number of aliphatic carboxylic acids is 1. The highest BCUT2D eigenvalue weighted by Crippen LogP contribution is 2.19. The summed E-state index contributed by atoms with van der Waals surface area (Å²) in [4.78, 5) is 36.4. The van der Waals surface area contributed by atoms with Crippen LogP contribution in [0.25, 0.3) is 0 Å². The smallest absolute Gasteiger partial charge is 0.326 e. The number of carboxylic acids is 1.